The number of aliphatic hydroxyl groups excluding tert-OH is 1. The van der Waals surface area contributed by atoms with E-state index in [1.807, 2.05) is 0 Å². The van der Waals surface area contributed by atoms with E-state index in [-0.39, 0.29) is 42.2 Å². The summed E-state index contributed by atoms with van der Waals surface area (Å²) in [5.74, 6) is -3.63. The topological polar surface area (TPSA) is 99.8 Å². The van der Waals surface area contributed by atoms with Crippen LogP contribution in [0.1, 0.15) is 46.2 Å². The fourth-order valence-electron chi connectivity index (χ4n) is 4.44. The van der Waals surface area contributed by atoms with Gasteiger partial charge in [0.1, 0.15) is 11.6 Å². The molecule has 2 atom stereocenters. The monoisotopic (exact) mass is 432 g/mol. The van der Waals surface area contributed by atoms with Gasteiger partial charge in [0.05, 0.1) is 11.1 Å². The molecule has 1 aromatic carbocycles. The van der Waals surface area contributed by atoms with Gasteiger partial charge in [0.2, 0.25) is 5.43 Å². The van der Waals surface area contributed by atoms with E-state index in [2.05, 4.69) is 0 Å². The number of likely N-dealkylation sites (N-methyl/N-ethyl adjacent to an activating group) is 1. The SMILES string of the molecule is CCN1CC2(CC2CO)n2cc(C(=O)CCc3ccc(F)cc3F)c(=O)c(O)c2C1=O. The van der Waals surface area contributed by atoms with Gasteiger partial charge in [-0.05, 0) is 31.4 Å². The summed E-state index contributed by atoms with van der Waals surface area (Å²) in [6, 6.07) is 3.04. The molecule has 0 bridgehead atoms. The molecule has 2 heterocycles. The molecule has 2 aromatic rings. The standard InChI is InChI=1S/C22H22F2N2O5/c1-2-25-11-22(8-13(22)10-27)26-9-15(19(29)20(30)18(26)21(25)31)17(28)6-4-12-3-5-14(23)7-16(12)24/h3,5,7,9,13,27,30H,2,4,6,8,10-11H2,1H3. The number of aromatic hydroxyl groups is 1. The highest BCUT2D eigenvalue weighted by atomic mass is 19.1. The molecule has 0 radical (unpaired) electrons. The van der Waals surface area contributed by atoms with E-state index in [4.69, 9.17) is 0 Å². The molecule has 1 aromatic heterocycles. The normalized spacial score (nSPS) is 22.0. The van der Waals surface area contributed by atoms with E-state index in [0.29, 0.717) is 19.5 Å². The van der Waals surface area contributed by atoms with Crippen LogP contribution in [0.4, 0.5) is 8.78 Å². The van der Waals surface area contributed by atoms with Crippen LogP contribution in [0.25, 0.3) is 0 Å². The lowest BCUT2D eigenvalue weighted by Crippen LogP contribution is -2.49. The zero-order valence-electron chi connectivity index (χ0n) is 16.9. The number of rotatable bonds is 6. The van der Waals surface area contributed by atoms with Gasteiger partial charge in [-0.2, -0.15) is 0 Å². The van der Waals surface area contributed by atoms with Gasteiger partial charge in [-0.3, -0.25) is 14.4 Å². The molecule has 1 aliphatic heterocycles. The average Bonchev–Trinajstić information content (AvgIpc) is 3.45. The maximum absolute atomic E-state index is 13.9. The highest BCUT2D eigenvalue weighted by Gasteiger charge is 2.60. The summed E-state index contributed by atoms with van der Waals surface area (Å²) in [6.45, 7) is 2.32. The Morgan fingerprint density at radius 3 is 2.65 bits per heavy atom. The van der Waals surface area contributed by atoms with Crippen molar-refractivity contribution in [2.45, 2.75) is 31.7 Å². The van der Waals surface area contributed by atoms with Crippen molar-refractivity contribution < 1.29 is 28.6 Å². The second-order valence-corrected chi connectivity index (χ2v) is 8.10. The number of pyridine rings is 1. The molecule has 9 heteroatoms. The van der Waals surface area contributed by atoms with Crippen molar-refractivity contribution in [3.63, 3.8) is 0 Å². The first-order valence-electron chi connectivity index (χ1n) is 10.1. The number of aliphatic hydroxyl groups is 1. The zero-order valence-corrected chi connectivity index (χ0v) is 16.9. The number of benzene rings is 1. The number of nitrogens with zero attached hydrogens (tertiary/aromatic N) is 2. The molecule has 1 saturated carbocycles. The summed E-state index contributed by atoms with van der Waals surface area (Å²) in [4.78, 5) is 39.8. The number of aryl methyl sites for hydroxylation is 1. The third kappa shape index (κ3) is 3.33. The Hall–Kier alpha value is -3.07. The quantitative estimate of drug-likeness (QED) is 0.679. The smallest absolute Gasteiger partial charge is 0.274 e. The van der Waals surface area contributed by atoms with Crippen LogP contribution in [0.15, 0.2) is 29.2 Å². The number of ketones is 1. The Bertz CT molecular complexity index is 1150. The molecule has 7 nitrogen and oxygen atoms in total. The first-order valence-corrected chi connectivity index (χ1v) is 10.1. The lowest BCUT2D eigenvalue weighted by atomic mass is 10.00. The Kier molecular flexibility index (Phi) is 5.17. The summed E-state index contributed by atoms with van der Waals surface area (Å²) >= 11 is 0. The van der Waals surface area contributed by atoms with Gasteiger partial charge >= 0.3 is 0 Å². The summed E-state index contributed by atoms with van der Waals surface area (Å²) in [7, 11) is 0. The second-order valence-electron chi connectivity index (χ2n) is 8.10. The number of carbonyl (C=O) groups is 2. The number of amides is 1. The molecule has 4 rings (SSSR count). The Balaban J connectivity index is 1.70. The van der Waals surface area contributed by atoms with Crippen LogP contribution in [0, 0.1) is 17.6 Å². The molecule has 2 unspecified atom stereocenters. The number of Topliss-reactive ketones (excluding diaryl/α,β-unsaturated/α-hetero) is 1. The predicted octanol–water partition coefficient (Wildman–Crippen LogP) is 1.83. The number of halogens is 2. The third-order valence-corrected chi connectivity index (χ3v) is 6.36. The molecule has 1 fully saturated rings. The Morgan fingerprint density at radius 2 is 2.03 bits per heavy atom. The van der Waals surface area contributed by atoms with Crippen molar-refractivity contribution in [1.29, 1.82) is 0 Å². The lowest BCUT2D eigenvalue weighted by Gasteiger charge is -2.37. The minimum atomic E-state index is -0.960. The van der Waals surface area contributed by atoms with Crippen molar-refractivity contribution in [2.24, 2.45) is 5.92 Å². The zero-order chi connectivity index (χ0) is 22.5. The van der Waals surface area contributed by atoms with Crippen molar-refractivity contribution in [3.05, 3.63) is 63.1 Å². The lowest BCUT2D eigenvalue weighted by molar-refractivity contribution is 0.0630. The number of carbonyl (C=O) groups excluding carboxylic acids is 2. The fourth-order valence-corrected chi connectivity index (χ4v) is 4.44. The van der Waals surface area contributed by atoms with Crippen LogP contribution in [-0.2, 0) is 12.0 Å². The van der Waals surface area contributed by atoms with Crippen LogP contribution < -0.4 is 5.43 Å². The van der Waals surface area contributed by atoms with Crippen LogP contribution in [0.3, 0.4) is 0 Å². The number of fused-ring (bicyclic) bond motifs is 2. The number of hydrogen-bond acceptors (Lipinski definition) is 5. The summed E-state index contributed by atoms with van der Waals surface area (Å²) in [5.41, 5.74) is -2.00. The molecule has 0 saturated heterocycles. The minimum Gasteiger partial charge on any atom is -0.503 e. The van der Waals surface area contributed by atoms with E-state index in [1.165, 1.54) is 21.7 Å². The van der Waals surface area contributed by atoms with Crippen LogP contribution in [-0.4, -0.2) is 51.1 Å². The van der Waals surface area contributed by atoms with Gasteiger partial charge in [0.25, 0.3) is 5.91 Å². The largest absolute Gasteiger partial charge is 0.503 e. The molecule has 164 valence electrons. The van der Waals surface area contributed by atoms with E-state index < -0.39 is 40.0 Å². The van der Waals surface area contributed by atoms with Gasteiger partial charge in [0, 0.05) is 44.3 Å². The molecule has 2 aliphatic rings. The molecular weight excluding hydrogens is 410 g/mol. The van der Waals surface area contributed by atoms with Gasteiger partial charge in [-0.1, -0.05) is 6.07 Å². The highest BCUT2D eigenvalue weighted by molar-refractivity contribution is 6.00. The Morgan fingerprint density at radius 1 is 1.29 bits per heavy atom. The van der Waals surface area contributed by atoms with E-state index >= 15 is 0 Å². The van der Waals surface area contributed by atoms with Gasteiger partial charge in [0.15, 0.2) is 17.2 Å². The van der Waals surface area contributed by atoms with Crippen LogP contribution >= 0.6 is 0 Å². The molecule has 1 aliphatic carbocycles. The molecule has 1 spiro atoms. The van der Waals surface area contributed by atoms with Crippen LogP contribution in [0.5, 0.6) is 5.75 Å². The van der Waals surface area contributed by atoms with E-state index in [1.54, 1.807) is 6.92 Å². The number of hydrogen-bond donors (Lipinski definition) is 2. The average molecular weight is 432 g/mol. The second kappa shape index (κ2) is 7.56. The van der Waals surface area contributed by atoms with Gasteiger partial charge in [-0.15, -0.1) is 0 Å². The maximum atomic E-state index is 13.9. The molecule has 31 heavy (non-hydrogen) atoms. The maximum Gasteiger partial charge on any atom is 0.274 e. The number of aromatic nitrogens is 1. The summed E-state index contributed by atoms with van der Waals surface area (Å²) in [6.07, 6.45) is 1.53. The minimum absolute atomic E-state index is 0.0557. The first-order chi connectivity index (χ1) is 14.7. The summed E-state index contributed by atoms with van der Waals surface area (Å²) < 4.78 is 28.4. The molecule has 2 N–H and O–H groups in total. The van der Waals surface area contributed by atoms with Crippen molar-refractivity contribution in [2.75, 3.05) is 19.7 Å². The van der Waals surface area contributed by atoms with Crippen molar-refractivity contribution in [3.8, 4) is 5.75 Å². The van der Waals surface area contributed by atoms with Gasteiger partial charge < -0.3 is 19.7 Å². The van der Waals surface area contributed by atoms with Gasteiger partial charge in [-0.25, -0.2) is 8.78 Å². The third-order valence-electron chi connectivity index (χ3n) is 6.36. The molecular formula is C22H22F2N2O5. The Labute approximate surface area is 176 Å². The predicted molar refractivity (Wildman–Crippen MR) is 106 cm³/mol. The summed E-state index contributed by atoms with van der Waals surface area (Å²) in [5, 5.41) is 20.2. The molecule has 1 amide bonds. The first kappa shape index (κ1) is 21.2. The van der Waals surface area contributed by atoms with E-state index in [0.717, 1.165) is 12.1 Å². The van der Waals surface area contributed by atoms with Crippen LogP contribution in [0.2, 0.25) is 0 Å². The van der Waals surface area contributed by atoms with Crippen molar-refractivity contribution in [1.82, 2.24) is 9.47 Å². The van der Waals surface area contributed by atoms with E-state index in [9.17, 15) is 33.4 Å². The fraction of sp³-hybridized carbons (Fsp3) is 0.409. The van der Waals surface area contributed by atoms with Crippen molar-refractivity contribution >= 4 is 11.7 Å². The highest BCUT2D eigenvalue weighted by Crippen LogP contribution is 2.53.